The summed E-state index contributed by atoms with van der Waals surface area (Å²) in [5.74, 6) is 5.73. The molecule has 72 heavy (non-hydrogen) atoms. The average molecular weight is 1030 g/mol. The Labute approximate surface area is 430 Å². The van der Waals surface area contributed by atoms with Crippen LogP contribution in [0.2, 0.25) is 0 Å². The van der Waals surface area contributed by atoms with Crippen LogP contribution >= 0.6 is 15.9 Å². The molecule has 3 saturated carbocycles. The number of rotatable bonds is 14. The van der Waals surface area contributed by atoms with Gasteiger partial charge in [0.15, 0.2) is 0 Å². The third kappa shape index (κ3) is 10.1. The molecule has 1 aromatic carbocycles. The Bertz CT molecular complexity index is 3140. The number of ether oxygens (including phenoxy) is 2. The van der Waals surface area contributed by atoms with E-state index in [4.69, 9.17) is 19.4 Å². The number of fused-ring (bicyclic) bond motifs is 3. The SMILES string of the molecule is Brc1cnc2c(c1)CC=C2CC1CCC1.CCOc1cc(C(=O)O)cc(OCC)c1-n1cc(CC2CCC2)c2ncc(-n3c(C)nnc3C)cc21.Cc1nnc(C)n1-c1cnc2c(c1)CC=C2CC1CCC1. The number of hydrogen-bond acceptors (Lipinski definition) is 10. The van der Waals surface area contributed by atoms with Crippen molar-refractivity contribution >= 4 is 44.1 Å². The van der Waals surface area contributed by atoms with Crippen LogP contribution in [0.25, 0.3) is 39.2 Å². The van der Waals surface area contributed by atoms with Gasteiger partial charge in [-0.3, -0.25) is 24.1 Å². The first-order valence-electron chi connectivity index (χ1n) is 25.9. The monoisotopic (exact) mass is 1030 g/mol. The molecular weight excluding hydrogens is 969 g/mol. The molecule has 0 radical (unpaired) electrons. The summed E-state index contributed by atoms with van der Waals surface area (Å²) in [6.45, 7) is 12.3. The molecule has 3 fully saturated rings. The quantitative estimate of drug-likeness (QED) is 0.110. The summed E-state index contributed by atoms with van der Waals surface area (Å²) in [6, 6.07) is 9.65. The van der Waals surface area contributed by atoms with Gasteiger partial charge in [0.2, 0.25) is 0 Å². The Morgan fingerprint density at radius 2 is 1.11 bits per heavy atom. The van der Waals surface area contributed by atoms with E-state index in [0.717, 1.165) is 86.8 Å². The molecule has 1 N–H and O–H groups in total. The van der Waals surface area contributed by atoms with E-state index in [0.29, 0.717) is 36.3 Å². The molecule has 0 spiro atoms. The van der Waals surface area contributed by atoms with E-state index in [1.807, 2.05) is 69.3 Å². The van der Waals surface area contributed by atoms with Crippen molar-refractivity contribution in [2.24, 2.45) is 17.8 Å². The maximum Gasteiger partial charge on any atom is 0.335 e. The van der Waals surface area contributed by atoms with Gasteiger partial charge in [-0.2, -0.15) is 0 Å². The number of aromatic carboxylic acids is 1. The minimum absolute atomic E-state index is 0.117. The van der Waals surface area contributed by atoms with Gasteiger partial charge in [0, 0.05) is 16.9 Å². The van der Waals surface area contributed by atoms with Crippen molar-refractivity contribution in [3.63, 3.8) is 0 Å². The Morgan fingerprint density at radius 1 is 0.639 bits per heavy atom. The van der Waals surface area contributed by atoms with E-state index >= 15 is 0 Å². The zero-order chi connectivity index (χ0) is 50.0. The molecule has 0 atom stereocenters. The summed E-state index contributed by atoms with van der Waals surface area (Å²) in [4.78, 5) is 26.0. The second-order valence-electron chi connectivity index (χ2n) is 20.1. The minimum Gasteiger partial charge on any atom is -0.492 e. The van der Waals surface area contributed by atoms with Crippen LogP contribution in [-0.2, 0) is 19.3 Å². The largest absolute Gasteiger partial charge is 0.492 e. The van der Waals surface area contributed by atoms with Gasteiger partial charge in [-0.25, -0.2) is 4.79 Å². The van der Waals surface area contributed by atoms with Crippen LogP contribution in [0.4, 0.5) is 0 Å². The summed E-state index contributed by atoms with van der Waals surface area (Å²) < 4.78 is 19.1. The number of carboxylic acids is 1. The molecule has 15 heteroatoms. The number of aromatic nitrogens is 10. The van der Waals surface area contributed by atoms with E-state index in [1.165, 1.54) is 104 Å². The maximum atomic E-state index is 11.8. The predicted molar refractivity (Wildman–Crippen MR) is 284 cm³/mol. The Morgan fingerprint density at radius 3 is 1.60 bits per heavy atom. The molecule has 5 aliphatic carbocycles. The van der Waals surface area contributed by atoms with Gasteiger partial charge >= 0.3 is 5.97 Å². The summed E-state index contributed by atoms with van der Waals surface area (Å²) in [6.07, 6.45) is 30.3. The molecule has 0 bridgehead atoms. The zero-order valence-electron chi connectivity index (χ0n) is 42.4. The second kappa shape index (κ2) is 21.3. The second-order valence-corrected chi connectivity index (χ2v) is 21.0. The average Bonchev–Trinajstić information content (AvgIpc) is 4.15. The molecular formula is C57H65BrN10O4. The van der Waals surface area contributed by atoms with E-state index < -0.39 is 5.97 Å². The first kappa shape index (κ1) is 49.1. The van der Waals surface area contributed by atoms with Gasteiger partial charge in [-0.1, -0.05) is 69.9 Å². The van der Waals surface area contributed by atoms with E-state index in [1.54, 1.807) is 12.1 Å². The molecule has 0 aliphatic heterocycles. The van der Waals surface area contributed by atoms with Crippen molar-refractivity contribution in [3.8, 4) is 28.6 Å². The maximum absolute atomic E-state index is 11.8. The van der Waals surface area contributed by atoms with Crippen molar-refractivity contribution in [2.45, 2.75) is 131 Å². The predicted octanol–water partition coefficient (Wildman–Crippen LogP) is 12.4. The molecule has 6 aromatic heterocycles. The molecule has 0 saturated heterocycles. The number of pyridine rings is 3. The third-order valence-corrected chi connectivity index (χ3v) is 15.6. The highest BCUT2D eigenvalue weighted by molar-refractivity contribution is 9.10. The Balaban J connectivity index is 0.000000138. The lowest BCUT2D eigenvalue weighted by Crippen LogP contribution is -2.13. The van der Waals surface area contributed by atoms with E-state index in [-0.39, 0.29) is 5.56 Å². The molecule has 12 rings (SSSR count). The first-order chi connectivity index (χ1) is 35.0. The van der Waals surface area contributed by atoms with Gasteiger partial charge in [0.05, 0.1) is 65.0 Å². The van der Waals surface area contributed by atoms with Crippen LogP contribution in [-0.4, -0.2) is 73.3 Å². The lowest BCUT2D eigenvalue weighted by molar-refractivity contribution is 0.0695. The van der Waals surface area contributed by atoms with Gasteiger partial charge in [0.1, 0.15) is 40.5 Å². The number of hydrogen-bond donors (Lipinski definition) is 1. The number of carboxylic acid groups (broad SMARTS) is 1. The number of allylic oxidation sites excluding steroid dienone is 4. The Kier molecular flexibility index (Phi) is 14.5. The van der Waals surface area contributed by atoms with Crippen LogP contribution in [0.15, 0.2) is 71.7 Å². The van der Waals surface area contributed by atoms with Crippen molar-refractivity contribution < 1.29 is 19.4 Å². The van der Waals surface area contributed by atoms with Crippen molar-refractivity contribution in [1.29, 1.82) is 0 Å². The topological polar surface area (TPSA) is 161 Å². The minimum atomic E-state index is -1.03. The van der Waals surface area contributed by atoms with Crippen molar-refractivity contribution in [2.75, 3.05) is 13.2 Å². The van der Waals surface area contributed by atoms with Gasteiger partial charge in [-0.15, -0.1) is 20.4 Å². The Hall–Kier alpha value is -6.48. The van der Waals surface area contributed by atoms with E-state index in [2.05, 4.69) is 82.4 Å². The van der Waals surface area contributed by atoms with Crippen LogP contribution in [0.1, 0.15) is 146 Å². The number of halogens is 1. The number of benzene rings is 1. The lowest BCUT2D eigenvalue weighted by Gasteiger charge is -2.25. The highest BCUT2D eigenvalue weighted by atomic mass is 79.9. The summed E-state index contributed by atoms with van der Waals surface area (Å²) in [5, 5.41) is 26.4. The van der Waals surface area contributed by atoms with Gasteiger partial charge in [0.25, 0.3) is 0 Å². The van der Waals surface area contributed by atoms with Crippen LogP contribution in [0, 0.1) is 45.4 Å². The molecule has 0 amide bonds. The molecule has 7 aromatic rings. The van der Waals surface area contributed by atoms with Crippen LogP contribution in [0.3, 0.4) is 0 Å². The molecule has 6 heterocycles. The highest BCUT2D eigenvalue weighted by Crippen LogP contribution is 2.42. The smallest absolute Gasteiger partial charge is 0.335 e. The summed E-state index contributed by atoms with van der Waals surface area (Å²) >= 11 is 3.47. The lowest BCUT2D eigenvalue weighted by atomic mass is 9.80. The van der Waals surface area contributed by atoms with E-state index in [9.17, 15) is 9.90 Å². The number of aryl methyl sites for hydroxylation is 4. The standard InChI is InChI=1S/C27H31N5O4.C17H20N4.C13H14BrN/c1-5-35-23-11-19(27(33)34)12-24(36-6-2)26(23)31-15-20(10-18-8-7-9-18)25-22(31)13-21(14-28-25)32-16(3)29-30-17(32)4;1-11-19-20-12(2)21(11)16-9-15-7-6-14(17(15)18-10-16)8-13-4-3-5-13;14-12-7-11-5-4-10(13(11)15-8-12)6-9-2-1-3-9/h11-15,18H,5-10H2,1-4H3,(H,33,34);6,9-10,13H,3-5,7-8H2,1-2H3;4,7-9H,1-3,5-6H2. The normalized spacial score (nSPS) is 16.0. The van der Waals surface area contributed by atoms with Crippen molar-refractivity contribution in [1.82, 2.24) is 49.0 Å². The molecule has 374 valence electrons. The fourth-order valence-corrected chi connectivity index (χ4v) is 11.2. The van der Waals surface area contributed by atoms with Gasteiger partial charge in [-0.05, 0) is 165 Å². The molecule has 14 nitrogen and oxygen atoms in total. The fourth-order valence-electron chi connectivity index (χ4n) is 10.8. The number of carbonyl (C=O) groups is 1. The molecule has 5 aliphatic rings. The zero-order valence-corrected chi connectivity index (χ0v) is 44.0. The van der Waals surface area contributed by atoms with Crippen LogP contribution < -0.4 is 9.47 Å². The van der Waals surface area contributed by atoms with Gasteiger partial charge < -0.3 is 19.1 Å². The summed E-state index contributed by atoms with van der Waals surface area (Å²) in [7, 11) is 0. The highest BCUT2D eigenvalue weighted by Gasteiger charge is 2.28. The molecule has 0 unspecified atom stereocenters. The first-order valence-corrected chi connectivity index (χ1v) is 26.7. The van der Waals surface area contributed by atoms with Crippen molar-refractivity contribution in [3.05, 3.63) is 129 Å². The number of nitrogens with zero attached hydrogens (tertiary/aromatic N) is 10. The van der Waals surface area contributed by atoms with Crippen LogP contribution in [0.5, 0.6) is 11.5 Å². The summed E-state index contributed by atoms with van der Waals surface area (Å²) in [5.41, 5.74) is 13.8. The fraction of sp³-hybridized carbons (Fsp3) is 0.439. The third-order valence-electron chi connectivity index (χ3n) is 15.1.